The minimum Gasteiger partial charge on any atom is -0.472 e. The molecule has 4 heteroatoms. The predicted octanol–water partition coefficient (Wildman–Crippen LogP) is 1.64. The average molecular weight is 238 g/mol. The van der Waals surface area contributed by atoms with Crippen LogP contribution in [0.1, 0.15) is 24.4 Å². The van der Waals surface area contributed by atoms with Gasteiger partial charge in [0.15, 0.2) is 0 Å². The van der Waals surface area contributed by atoms with Crippen LogP contribution in [0.5, 0.6) is 0 Å². The average Bonchev–Trinajstić information content (AvgIpc) is 2.85. The van der Waals surface area contributed by atoms with Crippen LogP contribution in [0.15, 0.2) is 23.0 Å². The Bertz CT molecular complexity index is 307. The Morgan fingerprint density at radius 3 is 2.82 bits per heavy atom. The molecular formula is C13H22N2O2. The molecule has 1 atom stereocenters. The fourth-order valence-corrected chi connectivity index (χ4v) is 2.50. The first-order valence-corrected chi connectivity index (χ1v) is 6.31. The molecule has 1 aliphatic rings. The Hall–Kier alpha value is -0.840. The smallest absolute Gasteiger partial charge is 0.0950 e. The van der Waals surface area contributed by atoms with Gasteiger partial charge in [0.1, 0.15) is 0 Å². The molecule has 0 radical (unpaired) electrons. The van der Waals surface area contributed by atoms with Crippen molar-refractivity contribution in [1.29, 1.82) is 0 Å². The van der Waals surface area contributed by atoms with Crippen LogP contribution in [-0.4, -0.2) is 38.3 Å². The van der Waals surface area contributed by atoms with E-state index in [0.29, 0.717) is 6.54 Å². The molecule has 1 aromatic heterocycles. The summed E-state index contributed by atoms with van der Waals surface area (Å²) in [5, 5.41) is 0. The lowest BCUT2D eigenvalue weighted by atomic mass is 9.98. The van der Waals surface area contributed by atoms with Gasteiger partial charge >= 0.3 is 0 Å². The van der Waals surface area contributed by atoms with Crippen molar-refractivity contribution in [2.75, 3.05) is 33.4 Å². The SMILES string of the molecule is CN(CC1CCOCC1)C(CN)c1ccoc1. The first-order chi connectivity index (χ1) is 8.31. The highest BCUT2D eigenvalue weighted by Gasteiger charge is 2.21. The van der Waals surface area contributed by atoms with E-state index in [9.17, 15) is 0 Å². The second-order valence-corrected chi connectivity index (χ2v) is 4.80. The van der Waals surface area contributed by atoms with Crippen LogP contribution in [0.25, 0.3) is 0 Å². The van der Waals surface area contributed by atoms with Crippen molar-refractivity contribution in [3.63, 3.8) is 0 Å². The molecule has 1 aliphatic heterocycles. The maximum Gasteiger partial charge on any atom is 0.0950 e. The number of furan rings is 1. The predicted molar refractivity (Wildman–Crippen MR) is 66.7 cm³/mol. The van der Waals surface area contributed by atoms with Crippen LogP contribution in [0.2, 0.25) is 0 Å². The summed E-state index contributed by atoms with van der Waals surface area (Å²) in [7, 11) is 2.14. The molecule has 4 nitrogen and oxygen atoms in total. The van der Waals surface area contributed by atoms with Crippen LogP contribution < -0.4 is 5.73 Å². The Balaban J connectivity index is 1.90. The molecule has 1 saturated heterocycles. The summed E-state index contributed by atoms with van der Waals surface area (Å²) in [4.78, 5) is 2.33. The highest BCUT2D eigenvalue weighted by molar-refractivity contribution is 5.12. The van der Waals surface area contributed by atoms with E-state index in [1.165, 1.54) is 5.56 Å². The molecule has 2 N–H and O–H groups in total. The van der Waals surface area contributed by atoms with E-state index >= 15 is 0 Å². The first kappa shape index (κ1) is 12.6. The molecule has 0 spiro atoms. The number of nitrogens with two attached hydrogens (primary N) is 1. The monoisotopic (exact) mass is 238 g/mol. The van der Waals surface area contributed by atoms with E-state index < -0.39 is 0 Å². The highest BCUT2D eigenvalue weighted by Crippen LogP contribution is 2.23. The summed E-state index contributed by atoms with van der Waals surface area (Å²) < 4.78 is 10.5. The van der Waals surface area contributed by atoms with Gasteiger partial charge in [0.05, 0.1) is 12.5 Å². The molecule has 0 saturated carbocycles. The largest absolute Gasteiger partial charge is 0.472 e. The van der Waals surface area contributed by atoms with Gasteiger partial charge in [-0.1, -0.05) is 0 Å². The lowest BCUT2D eigenvalue weighted by molar-refractivity contribution is 0.0507. The van der Waals surface area contributed by atoms with E-state index in [4.69, 9.17) is 14.9 Å². The highest BCUT2D eigenvalue weighted by atomic mass is 16.5. The summed E-state index contributed by atoms with van der Waals surface area (Å²) in [6.45, 7) is 3.50. The summed E-state index contributed by atoms with van der Waals surface area (Å²) >= 11 is 0. The van der Waals surface area contributed by atoms with Crippen LogP contribution in [-0.2, 0) is 4.74 Å². The maximum atomic E-state index is 5.86. The Morgan fingerprint density at radius 2 is 2.24 bits per heavy atom. The molecule has 0 aliphatic carbocycles. The fraction of sp³-hybridized carbons (Fsp3) is 0.692. The van der Waals surface area contributed by atoms with Crippen LogP contribution in [0.4, 0.5) is 0 Å². The van der Waals surface area contributed by atoms with Crippen molar-refractivity contribution in [2.24, 2.45) is 11.7 Å². The van der Waals surface area contributed by atoms with Gasteiger partial charge in [-0.2, -0.15) is 0 Å². The van der Waals surface area contributed by atoms with Gasteiger partial charge in [-0.3, -0.25) is 4.90 Å². The third-order valence-corrected chi connectivity index (χ3v) is 3.57. The molecular weight excluding hydrogens is 216 g/mol. The van der Waals surface area contributed by atoms with Gasteiger partial charge in [-0.25, -0.2) is 0 Å². The third-order valence-electron chi connectivity index (χ3n) is 3.57. The summed E-state index contributed by atoms with van der Waals surface area (Å²) in [5.41, 5.74) is 7.03. The van der Waals surface area contributed by atoms with Crippen molar-refractivity contribution < 1.29 is 9.15 Å². The number of hydrogen-bond donors (Lipinski definition) is 1. The Kier molecular flexibility index (Phi) is 4.59. The van der Waals surface area contributed by atoms with E-state index in [1.807, 2.05) is 6.07 Å². The van der Waals surface area contributed by atoms with Gasteiger partial charge in [0.2, 0.25) is 0 Å². The maximum absolute atomic E-state index is 5.86. The quantitative estimate of drug-likeness (QED) is 0.847. The lowest BCUT2D eigenvalue weighted by Gasteiger charge is -2.31. The molecule has 1 fully saturated rings. The lowest BCUT2D eigenvalue weighted by Crippen LogP contribution is -2.35. The molecule has 0 bridgehead atoms. The standard InChI is InChI=1S/C13H22N2O2/c1-15(9-11-2-5-16-6-3-11)13(8-14)12-4-7-17-10-12/h4,7,10-11,13H,2-3,5-6,8-9,14H2,1H3. The van der Waals surface area contributed by atoms with Gasteiger partial charge in [0, 0.05) is 37.9 Å². The van der Waals surface area contributed by atoms with Crippen LogP contribution in [0.3, 0.4) is 0 Å². The van der Waals surface area contributed by atoms with Crippen molar-refractivity contribution >= 4 is 0 Å². The van der Waals surface area contributed by atoms with E-state index in [0.717, 1.165) is 38.5 Å². The first-order valence-electron chi connectivity index (χ1n) is 6.31. The number of nitrogens with zero attached hydrogens (tertiary/aromatic N) is 1. The molecule has 1 aromatic rings. The second kappa shape index (κ2) is 6.19. The van der Waals surface area contributed by atoms with Crippen molar-refractivity contribution in [3.8, 4) is 0 Å². The Morgan fingerprint density at radius 1 is 1.47 bits per heavy atom. The Labute approximate surface area is 103 Å². The minimum absolute atomic E-state index is 0.261. The van der Waals surface area contributed by atoms with E-state index in [-0.39, 0.29) is 6.04 Å². The molecule has 0 aromatic carbocycles. The van der Waals surface area contributed by atoms with Crippen molar-refractivity contribution in [3.05, 3.63) is 24.2 Å². The number of rotatable bonds is 5. The zero-order valence-corrected chi connectivity index (χ0v) is 10.5. The molecule has 1 unspecified atom stereocenters. The normalized spacial score (nSPS) is 19.7. The molecule has 17 heavy (non-hydrogen) atoms. The van der Waals surface area contributed by atoms with Crippen molar-refractivity contribution in [1.82, 2.24) is 4.90 Å². The molecule has 2 heterocycles. The van der Waals surface area contributed by atoms with Crippen LogP contribution >= 0.6 is 0 Å². The van der Waals surface area contributed by atoms with Gasteiger partial charge in [-0.05, 0) is 31.9 Å². The topological polar surface area (TPSA) is 51.6 Å². The van der Waals surface area contributed by atoms with Gasteiger partial charge in [0.25, 0.3) is 0 Å². The molecule has 96 valence electrons. The number of likely N-dealkylation sites (N-methyl/N-ethyl adjacent to an activating group) is 1. The van der Waals surface area contributed by atoms with Crippen LogP contribution in [0, 0.1) is 5.92 Å². The van der Waals surface area contributed by atoms with E-state index in [2.05, 4.69) is 11.9 Å². The van der Waals surface area contributed by atoms with E-state index in [1.54, 1.807) is 12.5 Å². The molecule has 2 rings (SSSR count). The summed E-state index contributed by atoms with van der Waals surface area (Å²) in [6.07, 6.45) is 5.82. The zero-order valence-electron chi connectivity index (χ0n) is 10.5. The van der Waals surface area contributed by atoms with Crippen molar-refractivity contribution in [2.45, 2.75) is 18.9 Å². The minimum atomic E-state index is 0.261. The summed E-state index contributed by atoms with van der Waals surface area (Å²) in [6, 6.07) is 2.26. The summed E-state index contributed by atoms with van der Waals surface area (Å²) in [5.74, 6) is 0.731. The third kappa shape index (κ3) is 3.31. The number of hydrogen-bond acceptors (Lipinski definition) is 4. The fourth-order valence-electron chi connectivity index (χ4n) is 2.50. The van der Waals surface area contributed by atoms with Gasteiger partial charge < -0.3 is 14.9 Å². The zero-order chi connectivity index (χ0) is 12.1. The number of ether oxygens (including phenoxy) is 1. The van der Waals surface area contributed by atoms with Gasteiger partial charge in [-0.15, -0.1) is 0 Å². The molecule has 0 amide bonds. The second-order valence-electron chi connectivity index (χ2n) is 4.80.